The van der Waals surface area contributed by atoms with Crippen LogP contribution in [-0.4, -0.2) is 16.1 Å². The Labute approximate surface area is 128 Å². The largest absolute Gasteiger partial charge is 0.368 e. The number of fused-ring (bicyclic) bond motifs is 2. The standard InChI is InChI=1S/C15H11BrN4O/c16-9-4-5-11-10(6-9)14(15(21)19-11)18-12-3-1-2-8-7-17-20-13(8)12/h1-7,14,18H,(H,17,20)(H,19,21). The van der Waals surface area contributed by atoms with E-state index in [4.69, 9.17) is 0 Å². The van der Waals surface area contributed by atoms with Gasteiger partial charge < -0.3 is 10.6 Å². The summed E-state index contributed by atoms with van der Waals surface area (Å²) >= 11 is 3.45. The Bertz CT molecular complexity index is 858. The zero-order chi connectivity index (χ0) is 14.4. The summed E-state index contributed by atoms with van der Waals surface area (Å²) in [5, 5.41) is 14.2. The summed E-state index contributed by atoms with van der Waals surface area (Å²) in [5.41, 5.74) is 3.54. The predicted molar refractivity (Wildman–Crippen MR) is 85.2 cm³/mol. The number of benzene rings is 2. The molecule has 104 valence electrons. The normalized spacial score (nSPS) is 16.8. The first kappa shape index (κ1) is 12.4. The zero-order valence-corrected chi connectivity index (χ0v) is 12.4. The Kier molecular flexibility index (Phi) is 2.71. The number of amides is 1. The van der Waals surface area contributed by atoms with Crippen molar-refractivity contribution in [2.75, 3.05) is 10.6 Å². The van der Waals surface area contributed by atoms with Crippen molar-refractivity contribution in [2.24, 2.45) is 0 Å². The minimum absolute atomic E-state index is 0.0559. The smallest absolute Gasteiger partial charge is 0.251 e. The van der Waals surface area contributed by atoms with E-state index < -0.39 is 6.04 Å². The van der Waals surface area contributed by atoms with E-state index in [1.165, 1.54) is 0 Å². The molecule has 0 aliphatic carbocycles. The maximum Gasteiger partial charge on any atom is 0.251 e. The highest BCUT2D eigenvalue weighted by atomic mass is 79.9. The summed E-state index contributed by atoms with van der Waals surface area (Å²) in [5.74, 6) is -0.0559. The van der Waals surface area contributed by atoms with Crippen molar-refractivity contribution in [1.29, 1.82) is 0 Å². The van der Waals surface area contributed by atoms with E-state index in [9.17, 15) is 4.79 Å². The number of nitrogens with one attached hydrogen (secondary N) is 3. The van der Waals surface area contributed by atoms with Gasteiger partial charge in [-0.3, -0.25) is 9.89 Å². The SMILES string of the molecule is O=C1Nc2ccc(Br)cc2C1Nc1cccc2cn[nH]c12. The van der Waals surface area contributed by atoms with Gasteiger partial charge in [-0.1, -0.05) is 28.1 Å². The monoisotopic (exact) mass is 342 g/mol. The van der Waals surface area contributed by atoms with E-state index in [1.807, 2.05) is 36.4 Å². The molecule has 3 aromatic rings. The fourth-order valence-corrected chi connectivity index (χ4v) is 3.00. The van der Waals surface area contributed by atoms with Gasteiger partial charge in [0.1, 0.15) is 6.04 Å². The van der Waals surface area contributed by atoms with E-state index in [0.717, 1.165) is 32.3 Å². The number of aromatic nitrogens is 2. The molecule has 2 aromatic carbocycles. The molecule has 4 rings (SSSR count). The van der Waals surface area contributed by atoms with E-state index >= 15 is 0 Å². The molecule has 1 aromatic heterocycles. The molecule has 6 heteroatoms. The van der Waals surface area contributed by atoms with Crippen molar-refractivity contribution in [3.8, 4) is 0 Å². The van der Waals surface area contributed by atoms with E-state index in [2.05, 4.69) is 36.8 Å². The maximum atomic E-state index is 12.2. The van der Waals surface area contributed by atoms with Gasteiger partial charge in [-0.15, -0.1) is 0 Å². The minimum atomic E-state index is -0.411. The molecule has 0 spiro atoms. The van der Waals surface area contributed by atoms with Gasteiger partial charge in [-0.2, -0.15) is 5.10 Å². The van der Waals surface area contributed by atoms with Gasteiger partial charge in [0.25, 0.3) is 5.91 Å². The molecule has 1 atom stereocenters. The molecule has 1 amide bonds. The number of carbonyl (C=O) groups is 1. The summed E-state index contributed by atoms with van der Waals surface area (Å²) in [6.07, 6.45) is 1.76. The zero-order valence-electron chi connectivity index (χ0n) is 10.9. The van der Waals surface area contributed by atoms with E-state index in [1.54, 1.807) is 6.20 Å². The van der Waals surface area contributed by atoms with Crippen LogP contribution in [0.1, 0.15) is 11.6 Å². The molecule has 1 aliphatic heterocycles. The second kappa shape index (κ2) is 4.60. The Hall–Kier alpha value is -2.34. The first-order valence-electron chi connectivity index (χ1n) is 6.51. The number of hydrogen-bond acceptors (Lipinski definition) is 3. The summed E-state index contributed by atoms with van der Waals surface area (Å²) in [4.78, 5) is 12.2. The molecular weight excluding hydrogens is 332 g/mol. The lowest BCUT2D eigenvalue weighted by molar-refractivity contribution is -0.116. The second-order valence-electron chi connectivity index (χ2n) is 4.94. The number of H-pyrrole nitrogens is 1. The fraction of sp³-hybridized carbons (Fsp3) is 0.0667. The number of aromatic amines is 1. The van der Waals surface area contributed by atoms with Crippen molar-refractivity contribution >= 4 is 44.1 Å². The summed E-state index contributed by atoms with van der Waals surface area (Å²) in [7, 11) is 0. The lowest BCUT2D eigenvalue weighted by Crippen LogP contribution is -2.19. The fourth-order valence-electron chi connectivity index (χ4n) is 2.62. The van der Waals surface area contributed by atoms with Crippen molar-refractivity contribution in [3.05, 3.63) is 52.6 Å². The van der Waals surface area contributed by atoms with Crippen LogP contribution >= 0.6 is 15.9 Å². The van der Waals surface area contributed by atoms with Crippen LogP contribution in [0, 0.1) is 0 Å². The molecule has 0 fully saturated rings. The van der Waals surface area contributed by atoms with Crippen LogP contribution < -0.4 is 10.6 Å². The Morgan fingerprint density at radius 1 is 1.24 bits per heavy atom. The van der Waals surface area contributed by atoms with Gasteiger partial charge in [0.15, 0.2) is 0 Å². The van der Waals surface area contributed by atoms with Gasteiger partial charge in [0, 0.05) is 21.1 Å². The minimum Gasteiger partial charge on any atom is -0.368 e. The highest BCUT2D eigenvalue weighted by Crippen LogP contribution is 2.36. The predicted octanol–water partition coefficient (Wildman–Crippen LogP) is 3.43. The first-order valence-corrected chi connectivity index (χ1v) is 7.30. The number of halogens is 1. The molecule has 5 nitrogen and oxygen atoms in total. The van der Waals surface area contributed by atoms with Crippen LogP contribution in [0.15, 0.2) is 47.1 Å². The van der Waals surface area contributed by atoms with Gasteiger partial charge >= 0.3 is 0 Å². The lowest BCUT2D eigenvalue weighted by atomic mass is 10.1. The Balaban J connectivity index is 1.77. The number of rotatable bonds is 2. The van der Waals surface area contributed by atoms with Crippen molar-refractivity contribution in [2.45, 2.75) is 6.04 Å². The second-order valence-corrected chi connectivity index (χ2v) is 5.85. The highest BCUT2D eigenvalue weighted by Gasteiger charge is 2.30. The van der Waals surface area contributed by atoms with Crippen molar-refractivity contribution in [1.82, 2.24) is 10.2 Å². The number of nitrogens with zero attached hydrogens (tertiary/aromatic N) is 1. The number of hydrogen-bond donors (Lipinski definition) is 3. The molecule has 21 heavy (non-hydrogen) atoms. The van der Waals surface area contributed by atoms with Crippen LogP contribution in [0.3, 0.4) is 0 Å². The summed E-state index contributed by atoms with van der Waals surface area (Å²) in [6.45, 7) is 0. The topological polar surface area (TPSA) is 69.8 Å². The van der Waals surface area contributed by atoms with Gasteiger partial charge in [-0.05, 0) is 24.3 Å². The molecular formula is C15H11BrN4O. The third-order valence-electron chi connectivity index (χ3n) is 3.62. The number of anilines is 2. The van der Waals surface area contributed by atoms with Crippen molar-refractivity contribution < 1.29 is 4.79 Å². The van der Waals surface area contributed by atoms with E-state index in [-0.39, 0.29) is 5.91 Å². The highest BCUT2D eigenvalue weighted by molar-refractivity contribution is 9.10. The van der Waals surface area contributed by atoms with Gasteiger partial charge in [-0.25, -0.2) is 0 Å². The molecule has 0 saturated heterocycles. The summed E-state index contributed by atoms with van der Waals surface area (Å²) in [6, 6.07) is 11.2. The van der Waals surface area contributed by atoms with Crippen LogP contribution in [0.4, 0.5) is 11.4 Å². The summed E-state index contributed by atoms with van der Waals surface area (Å²) < 4.78 is 0.948. The Morgan fingerprint density at radius 3 is 3.05 bits per heavy atom. The molecule has 1 unspecified atom stereocenters. The van der Waals surface area contributed by atoms with Gasteiger partial charge in [0.2, 0.25) is 0 Å². The molecule has 3 N–H and O–H groups in total. The quantitative estimate of drug-likeness (QED) is 0.668. The maximum absolute atomic E-state index is 12.2. The average Bonchev–Trinajstić information content (AvgIpc) is 3.05. The van der Waals surface area contributed by atoms with Crippen LogP contribution in [-0.2, 0) is 4.79 Å². The van der Waals surface area contributed by atoms with Gasteiger partial charge in [0.05, 0.1) is 17.4 Å². The van der Waals surface area contributed by atoms with Crippen LogP contribution in [0.2, 0.25) is 0 Å². The number of carbonyl (C=O) groups excluding carboxylic acids is 1. The Morgan fingerprint density at radius 2 is 2.14 bits per heavy atom. The third kappa shape index (κ3) is 1.99. The number of para-hydroxylation sites is 1. The molecule has 0 saturated carbocycles. The van der Waals surface area contributed by atoms with E-state index in [0.29, 0.717) is 0 Å². The molecule has 1 aliphatic rings. The molecule has 2 heterocycles. The van der Waals surface area contributed by atoms with Crippen LogP contribution in [0.25, 0.3) is 10.9 Å². The molecule has 0 bridgehead atoms. The first-order chi connectivity index (χ1) is 10.2. The lowest BCUT2D eigenvalue weighted by Gasteiger charge is -2.13. The molecule has 0 radical (unpaired) electrons. The average molecular weight is 343 g/mol. The third-order valence-corrected chi connectivity index (χ3v) is 4.11. The van der Waals surface area contributed by atoms with Crippen molar-refractivity contribution in [3.63, 3.8) is 0 Å². The van der Waals surface area contributed by atoms with Crippen LogP contribution in [0.5, 0.6) is 0 Å².